The van der Waals surface area contributed by atoms with E-state index in [0.717, 1.165) is 17.2 Å². The summed E-state index contributed by atoms with van der Waals surface area (Å²) < 4.78 is 32.2. The molecular formula is C23H22F2N2O3. The van der Waals surface area contributed by atoms with Gasteiger partial charge in [-0.15, -0.1) is 0 Å². The van der Waals surface area contributed by atoms with Crippen LogP contribution in [0, 0.1) is 11.6 Å². The number of carbonyl (C=O) groups excluding carboxylic acids is 2. The highest BCUT2D eigenvalue weighted by molar-refractivity contribution is 5.98. The lowest BCUT2D eigenvalue weighted by atomic mass is 9.96. The van der Waals surface area contributed by atoms with E-state index in [-0.39, 0.29) is 24.7 Å². The van der Waals surface area contributed by atoms with Crippen molar-refractivity contribution in [2.24, 2.45) is 0 Å². The van der Waals surface area contributed by atoms with Crippen LogP contribution in [-0.4, -0.2) is 49.4 Å². The number of benzene rings is 2. The van der Waals surface area contributed by atoms with Gasteiger partial charge in [-0.3, -0.25) is 9.59 Å². The predicted octanol–water partition coefficient (Wildman–Crippen LogP) is 3.22. The Hall–Kier alpha value is -3.22. The zero-order chi connectivity index (χ0) is 21.1. The van der Waals surface area contributed by atoms with Crippen molar-refractivity contribution in [3.05, 3.63) is 65.2 Å². The number of amides is 1. The Bertz CT molecular complexity index is 998. The second-order valence-electron chi connectivity index (χ2n) is 7.40. The summed E-state index contributed by atoms with van der Waals surface area (Å²) >= 11 is 0. The highest BCUT2D eigenvalue weighted by Crippen LogP contribution is 2.23. The maximum Gasteiger partial charge on any atom is 0.226 e. The molecular weight excluding hydrogens is 390 g/mol. The fraction of sp³-hybridized carbons (Fsp3) is 0.304. The predicted molar refractivity (Wildman–Crippen MR) is 109 cm³/mol. The third-order valence-corrected chi connectivity index (χ3v) is 5.42. The smallest absolute Gasteiger partial charge is 0.226 e. The molecule has 0 spiro atoms. The Balaban J connectivity index is 1.24. The van der Waals surface area contributed by atoms with Crippen LogP contribution in [0.4, 0.5) is 14.5 Å². The fourth-order valence-electron chi connectivity index (χ4n) is 3.72. The molecule has 0 bridgehead atoms. The van der Waals surface area contributed by atoms with Crippen LogP contribution in [0.25, 0.3) is 6.08 Å². The van der Waals surface area contributed by atoms with E-state index in [1.165, 1.54) is 6.07 Å². The molecule has 5 nitrogen and oxygen atoms in total. The monoisotopic (exact) mass is 412 g/mol. The van der Waals surface area contributed by atoms with Gasteiger partial charge in [0, 0.05) is 44.4 Å². The molecule has 0 saturated carbocycles. The number of nitrogens with zero attached hydrogens (tertiary/aromatic N) is 2. The van der Waals surface area contributed by atoms with Gasteiger partial charge in [0.05, 0.1) is 13.0 Å². The lowest BCUT2D eigenvalue weighted by Crippen LogP contribution is -2.49. The number of hydrogen-bond donors (Lipinski definition) is 0. The van der Waals surface area contributed by atoms with Crippen LogP contribution in [0.5, 0.6) is 5.75 Å². The molecule has 1 saturated heterocycles. The zero-order valence-electron chi connectivity index (χ0n) is 16.4. The van der Waals surface area contributed by atoms with Gasteiger partial charge >= 0.3 is 0 Å². The quantitative estimate of drug-likeness (QED) is 0.757. The molecule has 1 amide bonds. The molecule has 1 heterocycles. The number of halogens is 2. The Morgan fingerprint density at radius 1 is 0.967 bits per heavy atom. The lowest BCUT2D eigenvalue weighted by molar-refractivity contribution is -0.132. The molecule has 30 heavy (non-hydrogen) atoms. The normalized spacial score (nSPS) is 15.9. The molecule has 156 valence electrons. The average molecular weight is 412 g/mol. The Labute approximate surface area is 173 Å². The van der Waals surface area contributed by atoms with Crippen molar-refractivity contribution in [3.8, 4) is 5.75 Å². The second kappa shape index (κ2) is 8.65. The summed E-state index contributed by atoms with van der Waals surface area (Å²) in [6, 6.07) is 9.43. The van der Waals surface area contributed by atoms with Crippen molar-refractivity contribution in [1.82, 2.24) is 4.90 Å². The zero-order valence-corrected chi connectivity index (χ0v) is 16.4. The largest absolute Gasteiger partial charge is 0.493 e. The van der Waals surface area contributed by atoms with E-state index in [2.05, 4.69) is 0 Å². The van der Waals surface area contributed by atoms with Crippen LogP contribution in [0.2, 0.25) is 0 Å². The maximum absolute atomic E-state index is 13.4. The SMILES string of the molecule is O=C1C=Cc2cc(OCCC(=O)N3CCN(c4ccc(F)c(F)c4)CC3)ccc2C1. The van der Waals surface area contributed by atoms with Crippen LogP contribution in [0.3, 0.4) is 0 Å². The minimum absolute atomic E-state index is 0.00314. The van der Waals surface area contributed by atoms with E-state index < -0.39 is 11.6 Å². The van der Waals surface area contributed by atoms with E-state index in [9.17, 15) is 18.4 Å². The first-order valence-corrected chi connectivity index (χ1v) is 9.94. The molecule has 2 aliphatic rings. The summed E-state index contributed by atoms with van der Waals surface area (Å²) in [4.78, 5) is 27.6. The van der Waals surface area contributed by atoms with Crippen molar-refractivity contribution in [1.29, 1.82) is 0 Å². The van der Waals surface area contributed by atoms with Gasteiger partial charge in [0.15, 0.2) is 17.4 Å². The number of ether oxygens (including phenoxy) is 1. The molecule has 7 heteroatoms. The summed E-state index contributed by atoms with van der Waals surface area (Å²) in [5, 5.41) is 0. The number of ketones is 1. The van der Waals surface area contributed by atoms with Crippen molar-refractivity contribution in [2.45, 2.75) is 12.8 Å². The van der Waals surface area contributed by atoms with Gasteiger partial charge in [0.25, 0.3) is 0 Å². The molecule has 0 unspecified atom stereocenters. The molecule has 0 radical (unpaired) electrons. The van der Waals surface area contributed by atoms with Gasteiger partial charge in [-0.1, -0.05) is 12.1 Å². The third kappa shape index (κ3) is 4.50. The third-order valence-electron chi connectivity index (χ3n) is 5.42. The second-order valence-corrected chi connectivity index (χ2v) is 7.40. The van der Waals surface area contributed by atoms with E-state index in [1.54, 1.807) is 23.1 Å². The summed E-state index contributed by atoms with van der Waals surface area (Å²) in [7, 11) is 0. The average Bonchev–Trinajstić information content (AvgIpc) is 2.76. The minimum atomic E-state index is -0.868. The molecule has 0 aromatic heterocycles. The van der Waals surface area contributed by atoms with Crippen LogP contribution < -0.4 is 9.64 Å². The van der Waals surface area contributed by atoms with Gasteiger partial charge in [-0.25, -0.2) is 8.78 Å². The number of piperazine rings is 1. The van der Waals surface area contributed by atoms with E-state index in [0.29, 0.717) is 44.0 Å². The molecule has 0 atom stereocenters. The van der Waals surface area contributed by atoms with Gasteiger partial charge in [0.1, 0.15) is 5.75 Å². The molecule has 1 aliphatic heterocycles. The highest BCUT2D eigenvalue weighted by atomic mass is 19.2. The standard InChI is InChI=1S/C23H22F2N2O3/c24-21-6-3-18(15-22(21)25)26-8-10-27(11-9-26)23(29)7-12-30-20-5-2-16-13-19(28)4-1-17(16)14-20/h1-6,14-15H,7-13H2. The van der Waals surface area contributed by atoms with Gasteiger partial charge in [-0.2, -0.15) is 0 Å². The molecule has 2 aromatic carbocycles. The minimum Gasteiger partial charge on any atom is -0.493 e. The Morgan fingerprint density at radius 3 is 2.53 bits per heavy atom. The maximum atomic E-state index is 13.4. The van der Waals surface area contributed by atoms with E-state index in [1.807, 2.05) is 23.1 Å². The summed E-state index contributed by atoms with van der Waals surface area (Å²) in [5.41, 5.74) is 2.56. The molecule has 1 fully saturated rings. The summed E-state index contributed by atoms with van der Waals surface area (Å²) in [6.45, 7) is 2.44. The van der Waals surface area contributed by atoms with Gasteiger partial charge in [-0.05, 0) is 41.5 Å². The topological polar surface area (TPSA) is 49.9 Å². The number of rotatable bonds is 5. The molecule has 0 N–H and O–H groups in total. The lowest BCUT2D eigenvalue weighted by Gasteiger charge is -2.36. The molecule has 1 aliphatic carbocycles. The first-order chi connectivity index (χ1) is 14.5. The highest BCUT2D eigenvalue weighted by Gasteiger charge is 2.22. The van der Waals surface area contributed by atoms with Crippen LogP contribution >= 0.6 is 0 Å². The molecule has 4 rings (SSSR count). The number of hydrogen-bond acceptors (Lipinski definition) is 4. The van der Waals surface area contributed by atoms with Crippen LogP contribution in [-0.2, 0) is 16.0 Å². The molecule has 2 aromatic rings. The number of anilines is 1. The van der Waals surface area contributed by atoms with Gasteiger partial charge in [0.2, 0.25) is 5.91 Å². The number of carbonyl (C=O) groups is 2. The van der Waals surface area contributed by atoms with Crippen molar-refractivity contribution in [3.63, 3.8) is 0 Å². The van der Waals surface area contributed by atoms with E-state index in [4.69, 9.17) is 4.74 Å². The number of fused-ring (bicyclic) bond motifs is 1. The first kappa shape index (κ1) is 20.1. The van der Waals surface area contributed by atoms with Gasteiger partial charge < -0.3 is 14.5 Å². The van der Waals surface area contributed by atoms with Crippen molar-refractivity contribution in [2.75, 3.05) is 37.7 Å². The Kier molecular flexibility index (Phi) is 5.79. The van der Waals surface area contributed by atoms with Crippen molar-refractivity contribution < 1.29 is 23.1 Å². The van der Waals surface area contributed by atoms with Crippen molar-refractivity contribution >= 4 is 23.5 Å². The summed E-state index contributed by atoms with van der Waals surface area (Å²) in [6.07, 6.45) is 4.01. The Morgan fingerprint density at radius 2 is 1.77 bits per heavy atom. The van der Waals surface area contributed by atoms with E-state index >= 15 is 0 Å². The fourth-order valence-corrected chi connectivity index (χ4v) is 3.72. The van der Waals surface area contributed by atoms with Crippen LogP contribution in [0.1, 0.15) is 17.5 Å². The summed E-state index contributed by atoms with van der Waals surface area (Å²) in [5.74, 6) is -0.970. The van der Waals surface area contributed by atoms with Crippen LogP contribution in [0.15, 0.2) is 42.5 Å². The number of allylic oxidation sites excluding steroid dienone is 1. The first-order valence-electron chi connectivity index (χ1n) is 9.94.